The second kappa shape index (κ2) is 7.21. The molecule has 0 radical (unpaired) electrons. The van der Waals surface area contributed by atoms with Crippen LogP contribution in [-0.2, 0) is 6.42 Å². The Morgan fingerprint density at radius 2 is 2.27 bits per heavy atom. The second-order valence-electron chi connectivity index (χ2n) is 6.48. The number of anilines is 1. The fourth-order valence-electron chi connectivity index (χ4n) is 3.24. The summed E-state index contributed by atoms with van der Waals surface area (Å²) in [5, 5.41) is 6.51. The molecule has 1 saturated heterocycles. The van der Waals surface area contributed by atoms with Gasteiger partial charge in [0.15, 0.2) is 17.5 Å². The molecule has 4 rings (SSSR count). The number of pyridine rings is 1. The van der Waals surface area contributed by atoms with Crippen molar-refractivity contribution in [3.05, 3.63) is 54.8 Å². The minimum Gasteiger partial charge on any atom is -0.364 e. The molecule has 0 spiro atoms. The lowest BCUT2D eigenvalue weighted by Gasteiger charge is -2.24. The van der Waals surface area contributed by atoms with E-state index >= 15 is 0 Å². The standard InChI is InChI=1S/C19H21FN6/c1-2-4-13-6-7-17-22-11-16(26(17)12-13)19-23-10-15(20)18(25-19)24-14-5-3-8-21-9-14/h2,6-7,10-12,14,21H,1,3-5,8-9H2,(H,23,24,25)/t14-/m1/s1. The Morgan fingerprint density at radius 1 is 1.35 bits per heavy atom. The van der Waals surface area contributed by atoms with Crippen molar-refractivity contribution in [3.8, 4) is 11.5 Å². The number of imidazole rings is 1. The summed E-state index contributed by atoms with van der Waals surface area (Å²) in [6.07, 6.45) is 9.60. The van der Waals surface area contributed by atoms with Crippen LogP contribution in [0.5, 0.6) is 0 Å². The van der Waals surface area contributed by atoms with E-state index in [1.807, 2.05) is 28.8 Å². The van der Waals surface area contributed by atoms with Gasteiger partial charge < -0.3 is 10.6 Å². The molecule has 1 aliphatic rings. The van der Waals surface area contributed by atoms with Crippen LogP contribution in [0.1, 0.15) is 18.4 Å². The van der Waals surface area contributed by atoms with Gasteiger partial charge in [-0.2, -0.15) is 0 Å². The average Bonchev–Trinajstić information content (AvgIpc) is 3.08. The van der Waals surface area contributed by atoms with E-state index in [2.05, 4.69) is 32.2 Å². The number of piperidine rings is 1. The molecule has 4 heterocycles. The zero-order valence-electron chi connectivity index (χ0n) is 14.5. The quantitative estimate of drug-likeness (QED) is 0.691. The molecule has 0 aromatic carbocycles. The SMILES string of the molecule is C=CCc1ccc2ncc(-c3ncc(F)c(N[C@@H]4CCCNC4)n3)n2c1. The van der Waals surface area contributed by atoms with Gasteiger partial charge in [-0.25, -0.2) is 19.3 Å². The Bertz CT molecular complexity index is 929. The van der Waals surface area contributed by atoms with Gasteiger partial charge in [0.1, 0.15) is 11.3 Å². The lowest BCUT2D eigenvalue weighted by Crippen LogP contribution is -2.38. The highest BCUT2D eigenvalue weighted by atomic mass is 19.1. The zero-order valence-corrected chi connectivity index (χ0v) is 14.5. The van der Waals surface area contributed by atoms with Gasteiger partial charge in [-0.1, -0.05) is 12.1 Å². The number of allylic oxidation sites excluding steroid dienone is 1. The van der Waals surface area contributed by atoms with Crippen molar-refractivity contribution < 1.29 is 4.39 Å². The summed E-state index contributed by atoms with van der Waals surface area (Å²) in [7, 11) is 0. The number of nitrogens with one attached hydrogen (secondary N) is 2. The first kappa shape index (κ1) is 16.7. The van der Waals surface area contributed by atoms with Crippen molar-refractivity contribution in [2.45, 2.75) is 25.3 Å². The Hall–Kier alpha value is -2.80. The summed E-state index contributed by atoms with van der Waals surface area (Å²) in [6.45, 7) is 5.59. The van der Waals surface area contributed by atoms with Gasteiger partial charge in [0.2, 0.25) is 0 Å². The van der Waals surface area contributed by atoms with Gasteiger partial charge >= 0.3 is 0 Å². The first-order valence-corrected chi connectivity index (χ1v) is 8.81. The van der Waals surface area contributed by atoms with Crippen LogP contribution < -0.4 is 10.6 Å². The van der Waals surface area contributed by atoms with Crippen LogP contribution in [0, 0.1) is 5.82 Å². The monoisotopic (exact) mass is 352 g/mol. The number of halogens is 1. The lowest BCUT2D eigenvalue weighted by molar-refractivity contribution is 0.476. The van der Waals surface area contributed by atoms with Crippen LogP contribution in [0.25, 0.3) is 17.2 Å². The molecule has 1 aliphatic heterocycles. The number of aromatic nitrogens is 4. The van der Waals surface area contributed by atoms with Crippen molar-refractivity contribution in [1.82, 2.24) is 24.7 Å². The maximum absolute atomic E-state index is 14.2. The molecule has 3 aromatic rings. The molecule has 0 amide bonds. The normalized spacial score (nSPS) is 17.3. The van der Waals surface area contributed by atoms with E-state index in [1.54, 1.807) is 6.20 Å². The Balaban J connectivity index is 1.69. The lowest BCUT2D eigenvalue weighted by atomic mass is 10.1. The Labute approximate surface area is 151 Å². The molecule has 3 aromatic heterocycles. The predicted octanol–water partition coefficient (Wildman–Crippen LogP) is 2.82. The van der Waals surface area contributed by atoms with E-state index in [-0.39, 0.29) is 11.9 Å². The molecule has 1 fully saturated rings. The number of hydrogen-bond donors (Lipinski definition) is 2. The van der Waals surface area contributed by atoms with Crippen LogP contribution in [0.3, 0.4) is 0 Å². The van der Waals surface area contributed by atoms with Gasteiger partial charge in [-0.3, -0.25) is 4.40 Å². The molecule has 26 heavy (non-hydrogen) atoms. The van der Waals surface area contributed by atoms with E-state index in [9.17, 15) is 4.39 Å². The fraction of sp³-hybridized carbons (Fsp3) is 0.316. The van der Waals surface area contributed by atoms with Gasteiger partial charge in [-0.15, -0.1) is 6.58 Å². The van der Waals surface area contributed by atoms with E-state index in [1.165, 1.54) is 6.20 Å². The molecule has 134 valence electrons. The maximum Gasteiger partial charge on any atom is 0.183 e. The molecule has 0 saturated carbocycles. The van der Waals surface area contributed by atoms with E-state index in [0.29, 0.717) is 5.82 Å². The topological polar surface area (TPSA) is 67.1 Å². The summed E-state index contributed by atoms with van der Waals surface area (Å²) in [5.41, 5.74) is 2.64. The number of nitrogens with zero attached hydrogens (tertiary/aromatic N) is 4. The van der Waals surface area contributed by atoms with Crippen LogP contribution in [0.15, 0.2) is 43.4 Å². The molecule has 0 bridgehead atoms. The third-order valence-corrected chi connectivity index (χ3v) is 4.56. The fourth-order valence-corrected chi connectivity index (χ4v) is 3.24. The Kier molecular flexibility index (Phi) is 4.62. The van der Waals surface area contributed by atoms with Crippen LogP contribution in [-0.4, -0.2) is 38.5 Å². The van der Waals surface area contributed by atoms with E-state index < -0.39 is 5.82 Å². The van der Waals surface area contributed by atoms with E-state index in [4.69, 9.17) is 0 Å². The Morgan fingerprint density at radius 3 is 3.08 bits per heavy atom. The highest BCUT2D eigenvalue weighted by molar-refractivity contribution is 5.59. The van der Waals surface area contributed by atoms with Crippen molar-refractivity contribution in [2.75, 3.05) is 18.4 Å². The molecular formula is C19H21FN6. The zero-order chi connectivity index (χ0) is 17.9. The molecule has 2 N–H and O–H groups in total. The third kappa shape index (κ3) is 3.30. The van der Waals surface area contributed by atoms with Crippen LogP contribution in [0.2, 0.25) is 0 Å². The second-order valence-corrected chi connectivity index (χ2v) is 6.48. The molecule has 0 unspecified atom stereocenters. The van der Waals surface area contributed by atoms with Crippen molar-refractivity contribution in [3.63, 3.8) is 0 Å². The number of fused-ring (bicyclic) bond motifs is 1. The van der Waals surface area contributed by atoms with Crippen LogP contribution in [0.4, 0.5) is 10.2 Å². The number of rotatable bonds is 5. The van der Waals surface area contributed by atoms with Gasteiger partial charge in [0.25, 0.3) is 0 Å². The molecule has 0 aliphatic carbocycles. The average molecular weight is 352 g/mol. The summed E-state index contributed by atoms with van der Waals surface area (Å²) in [5.74, 6) is 0.238. The van der Waals surface area contributed by atoms with Crippen molar-refractivity contribution in [1.29, 1.82) is 0 Å². The van der Waals surface area contributed by atoms with Crippen LogP contribution >= 0.6 is 0 Å². The highest BCUT2D eigenvalue weighted by Crippen LogP contribution is 2.22. The van der Waals surface area contributed by atoms with Gasteiger partial charge in [-0.05, 0) is 37.4 Å². The molecule has 6 nitrogen and oxygen atoms in total. The van der Waals surface area contributed by atoms with Gasteiger partial charge in [0.05, 0.1) is 12.4 Å². The first-order chi connectivity index (χ1) is 12.7. The molecular weight excluding hydrogens is 331 g/mol. The largest absolute Gasteiger partial charge is 0.364 e. The summed E-state index contributed by atoms with van der Waals surface area (Å²) in [6, 6.07) is 4.13. The van der Waals surface area contributed by atoms with Gasteiger partial charge in [0, 0.05) is 18.8 Å². The summed E-state index contributed by atoms with van der Waals surface area (Å²) < 4.78 is 16.1. The number of hydrogen-bond acceptors (Lipinski definition) is 5. The maximum atomic E-state index is 14.2. The third-order valence-electron chi connectivity index (χ3n) is 4.56. The summed E-state index contributed by atoms with van der Waals surface area (Å²) in [4.78, 5) is 13.0. The van der Waals surface area contributed by atoms with Crippen molar-refractivity contribution in [2.24, 2.45) is 0 Å². The molecule has 7 heteroatoms. The highest BCUT2D eigenvalue weighted by Gasteiger charge is 2.17. The minimum absolute atomic E-state index is 0.169. The first-order valence-electron chi connectivity index (χ1n) is 8.81. The summed E-state index contributed by atoms with van der Waals surface area (Å²) >= 11 is 0. The van der Waals surface area contributed by atoms with Crippen molar-refractivity contribution >= 4 is 11.5 Å². The smallest absolute Gasteiger partial charge is 0.183 e. The minimum atomic E-state index is -0.444. The molecule has 1 atom stereocenters. The predicted molar refractivity (Wildman–Crippen MR) is 99.6 cm³/mol. The van der Waals surface area contributed by atoms with E-state index in [0.717, 1.165) is 49.3 Å².